The topological polar surface area (TPSA) is 42.1 Å². The van der Waals surface area contributed by atoms with Crippen LogP contribution in [-0.4, -0.2) is 17.8 Å². The van der Waals surface area contributed by atoms with Gasteiger partial charge < -0.3 is 9.72 Å². The molecule has 2 heterocycles. The van der Waals surface area contributed by atoms with E-state index in [2.05, 4.69) is 4.98 Å². The summed E-state index contributed by atoms with van der Waals surface area (Å²) in [6.07, 6.45) is -3.48. The van der Waals surface area contributed by atoms with Crippen LogP contribution in [0.5, 0.6) is 5.75 Å². The van der Waals surface area contributed by atoms with Gasteiger partial charge in [0.15, 0.2) is 0 Å². The third kappa shape index (κ3) is 3.05. The predicted octanol–water partition coefficient (Wildman–Crippen LogP) is 4.46. The maximum atomic E-state index is 13.2. The lowest BCUT2D eigenvalue weighted by atomic mass is 9.91. The number of nitrogens with one attached hydrogen (secondary N) is 1. The minimum absolute atomic E-state index is 0.0995. The summed E-state index contributed by atoms with van der Waals surface area (Å²) in [7, 11) is 0. The number of pyridine rings is 1. The van der Waals surface area contributed by atoms with Gasteiger partial charge in [-0.25, -0.2) is 0 Å². The number of rotatable bonds is 0. The van der Waals surface area contributed by atoms with Crippen molar-refractivity contribution in [2.24, 2.45) is 5.92 Å². The van der Waals surface area contributed by atoms with Crippen molar-refractivity contribution in [3.05, 3.63) is 50.4 Å². The molecule has 0 saturated carbocycles. The number of hydrogen-bond donors (Lipinski definition) is 1. The molecule has 122 valence electrons. The van der Waals surface area contributed by atoms with E-state index in [-0.39, 0.29) is 22.2 Å². The molecule has 0 fully saturated rings. The van der Waals surface area contributed by atoms with Crippen LogP contribution in [-0.2, 0) is 6.42 Å². The Bertz CT molecular complexity index is 817. The molecule has 1 aromatic heterocycles. The van der Waals surface area contributed by atoms with Crippen molar-refractivity contribution in [2.75, 3.05) is 6.61 Å². The second kappa shape index (κ2) is 5.76. The summed E-state index contributed by atoms with van der Waals surface area (Å²) in [5, 5.41) is 0.295. The average Bonchev–Trinajstić information content (AvgIpc) is 2.44. The van der Waals surface area contributed by atoms with Crippen LogP contribution in [0.3, 0.4) is 0 Å². The van der Waals surface area contributed by atoms with Gasteiger partial charge in [-0.2, -0.15) is 13.2 Å². The molecule has 2 aromatic rings. The van der Waals surface area contributed by atoms with Crippen molar-refractivity contribution in [3.63, 3.8) is 0 Å². The standard InChI is InChI=1S/C15H10Cl2F3NO2/c16-10-2-1-7-3-8(15(18,19)20)6-23-11-5-21-12(22)4-9(11)13(7)14(10)17/h1-2,4-5,8H,3,6H2,(H,21,22)/t8-/m1/s1. The molecule has 0 spiro atoms. The molecule has 0 radical (unpaired) electrons. The van der Waals surface area contributed by atoms with Crippen LogP contribution in [0.1, 0.15) is 5.56 Å². The lowest BCUT2D eigenvalue weighted by Gasteiger charge is -2.26. The van der Waals surface area contributed by atoms with Crippen LogP contribution >= 0.6 is 23.2 Å². The number of fused-ring (bicyclic) bond motifs is 3. The first-order chi connectivity index (χ1) is 10.8. The summed E-state index contributed by atoms with van der Waals surface area (Å²) in [4.78, 5) is 14.0. The molecule has 1 aliphatic rings. The second-order valence-corrected chi connectivity index (χ2v) is 6.01. The lowest BCUT2D eigenvalue weighted by molar-refractivity contribution is -0.181. The SMILES string of the molecule is O=c1cc2c(c[nH]1)OC[C@H](C(F)(F)F)Cc1ccc(Cl)c(Cl)c1-2. The van der Waals surface area contributed by atoms with Crippen LogP contribution in [0.2, 0.25) is 10.0 Å². The first-order valence-corrected chi connectivity index (χ1v) is 7.42. The number of aromatic amines is 1. The number of benzene rings is 1. The number of hydrogen-bond acceptors (Lipinski definition) is 2. The number of halogens is 5. The van der Waals surface area contributed by atoms with Gasteiger partial charge in [0.2, 0.25) is 5.56 Å². The Kier molecular flexibility index (Phi) is 4.06. The van der Waals surface area contributed by atoms with Crippen molar-refractivity contribution in [3.8, 4) is 16.9 Å². The zero-order valence-corrected chi connectivity index (χ0v) is 13.0. The Morgan fingerprint density at radius 2 is 2.00 bits per heavy atom. The van der Waals surface area contributed by atoms with Gasteiger partial charge in [0, 0.05) is 23.4 Å². The van der Waals surface area contributed by atoms with Crippen LogP contribution in [0, 0.1) is 5.92 Å². The van der Waals surface area contributed by atoms with E-state index in [4.69, 9.17) is 27.9 Å². The highest BCUT2D eigenvalue weighted by molar-refractivity contribution is 6.44. The third-order valence-electron chi connectivity index (χ3n) is 3.71. The van der Waals surface area contributed by atoms with E-state index in [0.29, 0.717) is 16.7 Å². The molecule has 0 saturated heterocycles. The zero-order valence-electron chi connectivity index (χ0n) is 11.5. The molecule has 1 atom stereocenters. The van der Waals surface area contributed by atoms with Crippen molar-refractivity contribution in [2.45, 2.75) is 12.6 Å². The van der Waals surface area contributed by atoms with Gasteiger partial charge in [-0.15, -0.1) is 0 Å². The molecular weight excluding hydrogens is 354 g/mol. The van der Waals surface area contributed by atoms with E-state index < -0.39 is 24.3 Å². The fourth-order valence-electron chi connectivity index (χ4n) is 2.55. The second-order valence-electron chi connectivity index (χ2n) is 5.22. The Morgan fingerprint density at radius 1 is 1.26 bits per heavy atom. The third-order valence-corrected chi connectivity index (χ3v) is 4.51. The summed E-state index contributed by atoms with van der Waals surface area (Å²) in [6.45, 7) is -0.539. The molecule has 8 heteroatoms. The quantitative estimate of drug-likeness (QED) is 0.750. The van der Waals surface area contributed by atoms with Crippen molar-refractivity contribution >= 4 is 23.2 Å². The molecule has 3 rings (SSSR count). The number of aromatic nitrogens is 1. The van der Waals surface area contributed by atoms with E-state index in [9.17, 15) is 18.0 Å². The Labute approximate surface area is 139 Å². The highest BCUT2D eigenvalue weighted by Crippen LogP contribution is 2.43. The van der Waals surface area contributed by atoms with Crippen LogP contribution in [0.4, 0.5) is 13.2 Å². The minimum Gasteiger partial charge on any atom is -0.491 e. The largest absolute Gasteiger partial charge is 0.491 e. The average molecular weight is 364 g/mol. The number of H-pyrrole nitrogens is 1. The van der Waals surface area contributed by atoms with Crippen LogP contribution in [0.25, 0.3) is 11.1 Å². The fraction of sp³-hybridized carbons (Fsp3) is 0.267. The predicted molar refractivity (Wildman–Crippen MR) is 81.3 cm³/mol. The summed E-state index contributed by atoms with van der Waals surface area (Å²) in [5.41, 5.74) is 0.588. The van der Waals surface area contributed by atoms with E-state index in [0.717, 1.165) is 0 Å². The summed E-state index contributed by atoms with van der Waals surface area (Å²) >= 11 is 12.2. The highest BCUT2D eigenvalue weighted by Gasteiger charge is 2.41. The van der Waals surface area contributed by atoms with E-state index in [1.165, 1.54) is 24.4 Å². The Hall–Kier alpha value is -1.66. The van der Waals surface area contributed by atoms with Gasteiger partial charge in [0.05, 0.1) is 16.0 Å². The first kappa shape index (κ1) is 16.2. The van der Waals surface area contributed by atoms with E-state index in [1.54, 1.807) is 0 Å². The van der Waals surface area contributed by atoms with Crippen molar-refractivity contribution in [1.82, 2.24) is 4.98 Å². The minimum atomic E-state index is -4.41. The van der Waals surface area contributed by atoms with Gasteiger partial charge in [0.1, 0.15) is 12.4 Å². The molecule has 0 amide bonds. The van der Waals surface area contributed by atoms with E-state index >= 15 is 0 Å². The first-order valence-electron chi connectivity index (χ1n) is 6.67. The number of alkyl halides is 3. The van der Waals surface area contributed by atoms with Gasteiger partial charge in [-0.1, -0.05) is 29.3 Å². The zero-order chi connectivity index (χ0) is 16.8. The molecule has 0 bridgehead atoms. The molecule has 1 N–H and O–H groups in total. The van der Waals surface area contributed by atoms with Crippen LogP contribution < -0.4 is 10.3 Å². The van der Waals surface area contributed by atoms with Crippen molar-refractivity contribution < 1.29 is 17.9 Å². The smallest absolute Gasteiger partial charge is 0.395 e. The molecule has 0 unspecified atom stereocenters. The number of ether oxygens (including phenoxy) is 1. The Morgan fingerprint density at radius 3 is 2.70 bits per heavy atom. The van der Waals surface area contributed by atoms with Crippen LogP contribution in [0.15, 0.2) is 29.2 Å². The van der Waals surface area contributed by atoms with Crippen molar-refractivity contribution in [1.29, 1.82) is 0 Å². The molecule has 1 aromatic carbocycles. The maximum Gasteiger partial charge on any atom is 0.395 e. The van der Waals surface area contributed by atoms with Gasteiger partial charge in [0.25, 0.3) is 0 Å². The fourth-order valence-corrected chi connectivity index (χ4v) is 2.99. The normalized spacial score (nSPS) is 17.5. The monoisotopic (exact) mass is 363 g/mol. The highest BCUT2D eigenvalue weighted by atomic mass is 35.5. The lowest BCUT2D eigenvalue weighted by Crippen LogP contribution is -2.32. The van der Waals surface area contributed by atoms with Gasteiger partial charge in [-0.3, -0.25) is 4.79 Å². The molecule has 1 aliphatic heterocycles. The van der Waals surface area contributed by atoms with Gasteiger partial charge >= 0.3 is 6.18 Å². The van der Waals surface area contributed by atoms with E-state index in [1.807, 2.05) is 0 Å². The summed E-state index contributed by atoms with van der Waals surface area (Å²) < 4.78 is 44.8. The molecule has 3 nitrogen and oxygen atoms in total. The molecule has 0 aliphatic carbocycles. The van der Waals surface area contributed by atoms with Gasteiger partial charge in [-0.05, 0) is 18.1 Å². The Balaban J connectivity index is 2.26. The summed E-state index contributed by atoms with van der Waals surface area (Å²) in [6, 6.07) is 4.19. The summed E-state index contributed by atoms with van der Waals surface area (Å²) in [5.74, 6) is -1.55. The molecule has 23 heavy (non-hydrogen) atoms. The maximum absolute atomic E-state index is 13.2. The molecular formula is C15H10Cl2F3NO2.